The Balaban J connectivity index is 1.75. The van der Waals surface area contributed by atoms with Crippen molar-refractivity contribution < 1.29 is 5.11 Å². The number of piperidine rings is 1. The van der Waals surface area contributed by atoms with Crippen LogP contribution >= 0.6 is 0 Å². The van der Waals surface area contributed by atoms with Crippen molar-refractivity contribution in [1.82, 2.24) is 14.3 Å². The van der Waals surface area contributed by atoms with Gasteiger partial charge in [0.25, 0.3) is 0 Å². The maximum Gasteiger partial charge on any atom is 0.137 e. The lowest BCUT2D eigenvalue weighted by atomic mass is 9.83. The summed E-state index contributed by atoms with van der Waals surface area (Å²) in [5.41, 5.74) is 3.41. The van der Waals surface area contributed by atoms with Crippen molar-refractivity contribution in [2.45, 2.75) is 33.2 Å². The van der Waals surface area contributed by atoms with E-state index in [0.29, 0.717) is 0 Å². The number of aliphatic hydroxyl groups excluding tert-OH is 1. The first-order valence-electron chi connectivity index (χ1n) is 7.35. The van der Waals surface area contributed by atoms with Gasteiger partial charge in [0.05, 0.1) is 5.69 Å². The molecule has 2 aromatic rings. The third-order valence-electron chi connectivity index (χ3n) is 4.28. The number of rotatable bonds is 3. The van der Waals surface area contributed by atoms with Gasteiger partial charge in [-0.1, -0.05) is 13.0 Å². The highest BCUT2D eigenvalue weighted by Crippen LogP contribution is 2.29. The minimum absolute atomic E-state index is 0.0496. The predicted molar refractivity (Wildman–Crippen MR) is 79.6 cm³/mol. The first-order valence-corrected chi connectivity index (χ1v) is 7.35. The van der Waals surface area contributed by atoms with Crippen LogP contribution in [0.15, 0.2) is 24.5 Å². The highest BCUT2D eigenvalue weighted by atomic mass is 16.3. The minimum Gasteiger partial charge on any atom is -0.396 e. The largest absolute Gasteiger partial charge is 0.396 e. The van der Waals surface area contributed by atoms with Gasteiger partial charge in [0, 0.05) is 37.5 Å². The molecule has 1 aliphatic rings. The molecule has 0 spiro atoms. The average molecular weight is 273 g/mol. The molecule has 0 amide bonds. The number of imidazole rings is 1. The molecule has 1 unspecified atom stereocenters. The van der Waals surface area contributed by atoms with E-state index in [-0.39, 0.29) is 12.0 Å². The standard InChI is InChI=1S/C16H23N3O/c1-13-4-5-15-17-14(10-19(15)8-13)9-18-7-3-6-16(2,11-18)12-20/h4-5,8,10,20H,3,6-7,9,11-12H2,1-2H3. The van der Waals surface area contributed by atoms with Crippen LogP contribution in [0.4, 0.5) is 0 Å². The number of hydrogen-bond donors (Lipinski definition) is 1. The Morgan fingerprint density at radius 3 is 3.00 bits per heavy atom. The van der Waals surface area contributed by atoms with Gasteiger partial charge in [-0.3, -0.25) is 4.90 Å². The summed E-state index contributed by atoms with van der Waals surface area (Å²) >= 11 is 0. The summed E-state index contributed by atoms with van der Waals surface area (Å²) in [6, 6.07) is 4.16. The molecule has 108 valence electrons. The van der Waals surface area contributed by atoms with E-state index in [2.05, 4.69) is 52.7 Å². The van der Waals surface area contributed by atoms with Crippen LogP contribution in [0.1, 0.15) is 31.0 Å². The van der Waals surface area contributed by atoms with Gasteiger partial charge in [0.15, 0.2) is 0 Å². The number of aromatic nitrogens is 2. The Morgan fingerprint density at radius 2 is 2.20 bits per heavy atom. The molecule has 1 atom stereocenters. The number of nitrogens with zero attached hydrogens (tertiary/aromatic N) is 3. The van der Waals surface area contributed by atoms with Crippen molar-refractivity contribution in [3.05, 3.63) is 35.8 Å². The summed E-state index contributed by atoms with van der Waals surface area (Å²) in [5.74, 6) is 0. The summed E-state index contributed by atoms with van der Waals surface area (Å²) in [6.07, 6.45) is 6.50. The Morgan fingerprint density at radius 1 is 1.35 bits per heavy atom. The highest BCUT2D eigenvalue weighted by molar-refractivity contribution is 5.41. The molecule has 4 nitrogen and oxygen atoms in total. The lowest BCUT2D eigenvalue weighted by Crippen LogP contribution is -2.43. The van der Waals surface area contributed by atoms with Gasteiger partial charge < -0.3 is 9.51 Å². The average Bonchev–Trinajstić information content (AvgIpc) is 2.80. The molecular weight excluding hydrogens is 250 g/mol. The smallest absolute Gasteiger partial charge is 0.137 e. The fourth-order valence-corrected chi connectivity index (χ4v) is 3.15. The molecule has 4 heteroatoms. The van der Waals surface area contributed by atoms with Crippen LogP contribution in [0.2, 0.25) is 0 Å². The Bertz CT molecular complexity index is 607. The molecule has 1 saturated heterocycles. The Kier molecular flexibility index (Phi) is 3.52. The molecule has 0 aliphatic carbocycles. The first kappa shape index (κ1) is 13.6. The van der Waals surface area contributed by atoms with Crippen molar-refractivity contribution in [3.8, 4) is 0 Å². The number of hydrogen-bond acceptors (Lipinski definition) is 3. The van der Waals surface area contributed by atoms with Crippen molar-refractivity contribution in [2.24, 2.45) is 5.41 Å². The Labute approximate surface area is 120 Å². The zero-order valence-corrected chi connectivity index (χ0v) is 12.3. The third-order valence-corrected chi connectivity index (χ3v) is 4.28. The zero-order chi connectivity index (χ0) is 14.2. The molecule has 0 bridgehead atoms. The lowest BCUT2D eigenvalue weighted by molar-refractivity contribution is 0.0424. The number of aliphatic hydroxyl groups is 1. The lowest BCUT2D eigenvalue weighted by Gasteiger charge is -2.39. The van der Waals surface area contributed by atoms with Gasteiger partial charge in [0.2, 0.25) is 0 Å². The second kappa shape index (κ2) is 5.19. The topological polar surface area (TPSA) is 40.8 Å². The molecule has 20 heavy (non-hydrogen) atoms. The van der Waals surface area contributed by atoms with Crippen LogP contribution in [0, 0.1) is 12.3 Å². The van der Waals surface area contributed by atoms with E-state index in [0.717, 1.165) is 43.8 Å². The molecule has 3 heterocycles. The van der Waals surface area contributed by atoms with E-state index in [4.69, 9.17) is 0 Å². The highest BCUT2D eigenvalue weighted by Gasteiger charge is 2.30. The van der Waals surface area contributed by atoms with Crippen LogP contribution in [-0.2, 0) is 6.54 Å². The molecule has 1 fully saturated rings. The summed E-state index contributed by atoms with van der Waals surface area (Å²) in [5, 5.41) is 9.53. The fraction of sp³-hybridized carbons (Fsp3) is 0.562. The third kappa shape index (κ3) is 2.72. The van der Waals surface area contributed by atoms with Gasteiger partial charge >= 0.3 is 0 Å². The van der Waals surface area contributed by atoms with Crippen molar-refractivity contribution in [1.29, 1.82) is 0 Å². The molecule has 2 aromatic heterocycles. The van der Waals surface area contributed by atoms with Gasteiger partial charge in [-0.05, 0) is 37.9 Å². The molecule has 0 aromatic carbocycles. The molecule has 1 aliphatic heterocycles. The SMILES string of the molecule is Cc1ccc2nc(CN3CCCC(C)(CO)C3)cn2c1. The molecule has 3 rings (SSSR count). The van der Waals surface area contributed by atoms with E-state index < -0.39 is 0 Å². The summed E-state index contributed by atoms with van der Waals surface area (Å²) in [4.78, 5) is 7.09. The quantitative estimate of drug-likeness (QED) is 0.932. The van der Waals surface area contributed by atoms with Gasteiger partial charge in [-0.15, -0.1) is 0 Å². The van der Waals surface area contributed by atoms with Gasteiger partial charge in [-0.2, -0.15) is 0 Å². The van der Waals surface area contributed by atoms with E-state index >= 15 is 0 Å². The number of fused-ring (bicyclic) bond motifs is 1. The van der Waals surface area contributed by atoms with E-state index in [1.54, 1.807) is 0 Å². The first-order chi connectivity index (χ1) is 9.58. The number of pyridine rings is 1. The molecule has 0 saturated carbocycles. The van der Waals surface area contributed by atoms with Crippen LogP contribution in [0.5, 0.6) is 0 Å². The number of likely N-dealkylation sites (tertiary alicyclic amines) is 1. The number of aryl methyl sites for hydroxylation is 1. The maximum atomic E-state index is 9.53. The van der Waals surface area contributed by atoms with Crippen LogP contribution < -0.4 is 0 Å². The Hall–Kier alpha value is -1.39. The maximum absolute atomic E-state index is 9.53. The second-order valence-electron chi connectivity index (χ2n) is 6.49. The summed E-state index contributed by atoms with van der Waals surface area (Å²) in [7, 11) is 0. The fourth-order valence-electron chi connectivity index (χ4n) is 3.15. The minimum atomic E-state index is 0.0496. The van der Waals surface area contributed by atoms with Gasteiger partial charge in [0.1, 0.15) is 5.65 Å². The van der Waals surface area contributed by atoms with Crippen molar-refractivity contribution >= 4 is 5.65 Å². The van der Waals surface area contributed by atoms with Gasteiger partial charge in [-0.25, -0.2) is 4.98 Å². The molecule has 0 radical (unpaired) electrons. The van der Waals surface area contributed by atoms with Crippen molar-refractivity contribution in [3.63, 3.8) is 0 Å². The van der Waals surface area contributed by atoms with E-state index in [9.17, 15) is 5.11 Å². The van der Waals surface area contributed by atoms with Crippen molar-refractivity contribution in [2.75, 3.05) is 19.7 Å². The van der Waals surface area contributed by atoms with E-state index in [1.807, 2.05) is 0 Å². The predicted octanol–water partition coefficient (Wildman–Crippen LogP) is 2.24. The monoisotopic (exact) mass is 273 g/mol. The molecule has 1 N–H and O–H groups in total. The van der Waals surface area contributed by atoms with Crippen LogP contribution in [-0.4, -0.2) is 39.1 Å². The van der Waals surface area contributed by atoms with Crippen LogP contribution in [0.3, 0.4) is 0 Å². The summed E-state index contributed by atoms with van der Waals surface area (Å²) in [6.45, 7) is 7.46. The summed E-state index contributed by atoms with van der Waals surface area (Å²) < 4.78 is 2.10. The molecular formula is C16H23N3O. The zero-order valence-electron chi connectivity index (χ0n) is 12.3. The second-order valence-corrected chi connectivity index (χ2v) is 6.49. The van der Waals surface area contributed by atoms with Crippen LogP contribution in [0.25, 0.3) is 5.65 Å². The normalized spacial score (nSPS) is 24.4. The van der Waals surface area contributed by atoms with E-state index in [1.165, 1.54) is 5.56 Å².